The number of carbonyl (C=O) groups is 1. The Bertz CT molecular complexity index is 743. The summed E-state index contributed by atoms with van der Waals surface area (Å²) in [5, 5.41) is 6.66. The van der Waals surface area contributed by atoms with Gasteiger partial charge in [0.15, 0.2) is 5.82 Å². The van der Waals surface area contributed by atoms with E-state index in [0.717, 1.165) is 49.9 Å². The third-order valence-corrected chi connectivity index (χ3v) is 5.37. The molecule has 2 aromatic rings. The molecule has 2 fully saturated rings. The van der Waals surface area contributed by atoms with Crippen LogP contribution in [0.3, 0.4) is 0 Å². The minimum Gasteiger partial charge on any atom is -0.464 e. The van der Waals surface area contributed by atoms with E-state index in [1.54, 1.807) is 6.07 Å². The Hall–Kier alpha value is -2.08. The van der Waals surface area contributed by atoms with Crippen molar-refractivity contribution < 1.29 is 13.7 Å². The van der Waals surface area contributed by atoms with Crippen LogP contribution in [0.1, 0.15) is 49.4 Å². The summed E-state index contributed by atoms with van der Waals surface area (Å²) in [4.78, 5) is 14.7. The molecule has 1 N–H and O–H groups in total. The molecule has 3 heterocycles. The summed E-state index contributed by atoms with van der Waals surface area (Å²) in [7, 11) is 0. The van der Waals surface area contributed by atoms with E-state index in [1.807, 2.05) is 6.92 Å². The first-order valence-corrected chi connectivity index (χ1v) is 9.13. The number of furan rings is 1. The van der Waals surface area contributed by atoms with Crippen LogP contribution in [-0.4, -0.2) is 29.1 Å². The summed E-state index contributed by atoms with van der Waals surface area (Å²) >= 11 is 0. The van der Waals surface area contributed by atoms with Crippen LogP contribution in [0.4, 0.5) is 5.82 Å². The van der Waals surface area contributed by atoms with Crippen molar-refractivity contribution in [3.8, 4) is 0 Å². The summed E-state index contributed by atoms with van der Waals surface area (Å²) in [5.74, 6) is 4.84. The van der Waals surface area contributed by atoms with E-state index in [0.29, 0.717) is 17.5 Å². The molecule has 1 saturated heterocycles. The first kappa shape index (κ1) is 16.4. The van der Waals surface area contributed by atoms with Gasteiger partial charge in [0.05, 0.1) is 6.54 Å². The van der Waals surface area contributed by atoms with Crippen molar-refractivity contribution in [1.29, 1.82) is 0 Å². The summed E-state index contributed by atoms with van der Waals surface area (Å²) in [6, 6.07) is 5.97. The second-order valence-electron chi connectivity index (χ2n) is 7.49. The molecular formula is C19H25N3O3. The number of piperidine rings is 1. The first-order valence-electron chi connectivity index (χ1n) is 9.13. The lowest BCUT2D eigenvalue weighted by Gasteiger charge is -2.30. The van der Waals surface area contributed by atoms with Gasteiger partial charge in [0.2, 0.25) is 5.91 Å². The monoisotopic (exact) mass is 343 g/mol. The summed E-state index contributed by atoms with van der Waals surface area (Å²) in [5.41, 5.74) is 0. The fraction of sp³-hybridized carbons (Fsp3) is 0.579. The van der Waals surface area contributed by atoms with Gasteiger partial charge in [0, 0.05) is 17.9 Å². The second-order valence-corrected chi connectivity index (χ2v) is 7.49. The van der Waals surface area contributed by atoms with Gasteiger partial charge in [-0.3, -0.25) is 9.69 Å². The molecule has 2 atom stereocenters. The largest absolute Gasteiger partial charge is 0.464 e. The molecule has 4 rings (SSSR count). The van der Waals surface area contributed by atoms with Gasteiger partial charge in [-0.05, 0) is 57.3 Å². The number of aromatic nitrogens is 1. The fourth-order valence-corrected chi connectivity index (χ4v) is 3.62. The maximum atomic E-state index is 12.3. The number of amides is 1. The normalized spacial score (nSPS) is 24.4. The van der Waals surface area contributed by atoms with Crippen LogP contribution in [0.25, 0.3) is 0 Å². The Balaban J connectivity index is 1.25. The maximum absolute atomic E-state index is 12.3. The molecule has 1 aliphatic heterocycles. The third-order valence-electron chi connectivity index (χ3n) is 5.37. The highest BCUT2D eigenvalue weighted by Gasteiger charge is 2.36. The van der Waals surface area contributed by atoms with E-state index in [4.69, 9.17) is 8.94 Å². The van der Waals surface area contributed by atoms with Gasteiger partial charge in [0.1, 0.15) is 17.3 Å². The molecule has 0 aromatic carbocycles. The Morgan fingerprint density at radius 3 is 2.76 bits per heavy atom. The van der Waals surface area contributed by atoms with Crippen molar-refractivity contribution in [3.05, 3.63) is 35.5 Å². The minimum absolute atomic E-state index is 0.0349. The molecule has 6 nitrogen and oxygen atoms in total. The van der Waals surface area contributed by atoms with E-state index in [2.05, 4.69) is 34.4 Å². The zero-order chi connectivity index (χ0) is 17.4. The SMILES string of the molecule is Cc1cc(NC(=O)C2CCN(Cc3ccc(C4CC4C)o3)CC2)no1. The Kier molecular flexibility index (Phi) is 4.37. The smallest absolute Gasteiger partial charge is 0.228 e. The molecule has 1 aliphatic carbocycles. The summed E-state index contributed by atoms with van der Waals surface area (Å²) in [6.45, 7) is 6.73. The van der Waals surface area contributed by atoms with Crippen molar-refractivity contribution in [2.75, 3.05) is 18.4 Å². The Morgan fingerprint density at radius 2 is 2.12 bits per heavy atom. The molecule has 1 amide bonds. The molecule has 1 saturated carbocycles. The molecule has 2 aromatic heterocycles. The number of nitrogens with one attached hydrogen (secondary N) is 1. The van der Waals surface area contributed by atoms with Gasteiger partial charge in [-0.2, -0.15) is 0 Å². The molecule has 25 heavy (non-hydrogen) atoms. The number of nitrogens with zero attached hydrogens (tertiary/aromatic N) is 2. The molecule has 134 valence electrons. The van der Waals surface area contributed by atoms with Crippen molar-refractivity contribution in [2.45, 2.75) is 45.6 Å². The molecule has 2 aliphatic rings. The number of rotatable bonds is 5. The van der Waals surface area contributed by atoms with Crippen LogP contribution in [0, 0.1) is 18.8 Å². The fourth-order valence-electron chi connectivity index (χ4n) is 3.62. The van der Waals surface area contributed by atoms with Gasteiger partial charge in [0.25, 0.3) is 0 Å². The lowest BCUT2D eigenvalue weighted by atomic mass is 9.96. The van der Waals surface area contributed by atoms with Crippen LogP contribution >= 0.6 is 0 Å². The molecule has 0 spiro atoms. The molecule has 0 bridgehead atoms. The van der Waals surface area contributed by atoms with E-state index < -0.39 is 0 Å². The van der Waals surface area contributed by atoms with Gasteiger partial charge in [-0.25, -0.2) is 0 Å². The van der Waals surface area contributed by atoms with Gasteiger partial charge >= 0.3 is 0 Å². The highest BCUT2D eigenvalue weighted by atomic mass is 16.5. The van der Waals surface area contributed by atoms with Crippen LogP contribution in [0.15, 0.2) is 27.1 Å². The van der Waals surface area contributed by atoms with E-state index in [-0.39, 0.29) is 11.8 Å². The first-order chi connectivity index (χ1) is 12.1. The zero-order valence-electron chi connectivity index (χ0n) is 14.8. The molecule has 2 unspecified atom stereocenters. The van der Waals surface area contributed by atoms with Gasteiger partial charge < -0.3 is 14.3 Å². The average molecular weight is 343 g/mol. The van der Waals surface area contributed by atoms with Crippen molar-refractivity contribution >= 4 is 11.7 Å². The lowest BCUT2D eigenvalue weighted by Crippen LogP contribution is -2.37. The summed E-state index contributed by atoms with van der Waals surface area (Å²) in [6.07, 6.45) is 2.96. The molecular weight excluding hydrogens is 318 g/mol. The maximum Gasteiger partial charge on any atom is 0.228 e. The number of anilines is 1. The topological polar surface area (TPSA) is 71.5 Å². The average Bonchev–Trinajstić information content (AvgIpc) is 2.96. The number of likely N-dealkylation sites (tertiary alicyclic amines) is 1. The molecule has 0 radical (unpaired) electrons. The zero-order valence-corrected chi connectivity index (χ0v) is 14.8. The van der Waals surface area contributed by atoms with Gasteiger partial charge in [-0.15, -0.1) is 0 Å². The van der Waals surface area contributed by atoms with Crippen LogP contribution in [-0.2, 0) is 11.3 Å². The summed E-state index contributed by atoms with van der Waals surface area (Å²) < 4.78 is 11.0. The van der Waals surface area contributed by atoms with E-state index in [9.17, 15) is 4.79 Å². The number of carbonyl (C=O) groups excluding carboxylic acids is 1. The highest BCUT2D eigenvalue weighted by molar-refractivity contribution is 5.91. The predicted octanol–water partition coefficient (Wildman–Crippen LogP) is 3.55. The van der Waals surface area contributed by atoms with Crippen molar-refractivity contribution in [3.63, 3.8) is 0 Å². The van der Waals surface area contributed by atoms with Crippen molar-refractivity contribution in [2.24, 2.45) is 11.8 Å². The van der Waals surface area contributed by atoms with Crippen LogP contribution in [0.2, 0.25) is 0 Å². The Morgan fingerprint density at radius 1 is 1.36 bits per heavy atom. The molecule has 6 heteroatoms. The third kappa shape index (κ3) is 3.79. The quantitative estimate of drug-likeness (QED) is 0.899. The second kappa shape index (κ2) is 6.67. The van der Waals surface area contributed by atoms with Crippen LogP contribution in [0.5, 0.6) is 0 Å². The number of hydrogen-bond acceptors (Lipinski definition) is 5. The number of hydrogen-bond donors (Lipinski definition) is 1. The highest BCUT2D eigenvalue weighted by Crippen LogP contribution is 2.47. The van der Waals surface area contributed by atoms with E-state index >= 15 is 0 Å². The van der Waals surface area contributed by atoms with Gasteiger partial charge in [-0.1, -0.05) is 12.1 Å². The minimum atomic E-state index is 0.0349. The Labute approximate surface area is 147 Å². The van der Waals surface area contributed by atoms with E-state index in [1.165, 1.54) is 6.42 Å². The van der Waals surface area contributed by atoms with Crippen molar-refractivity contribution in [1.82, 2.24) is 10.1 Å². The number of aryl methyl sites for hydroxylation is 1. The standard InChI is InChI=1S/C19H25N3O3/c1-12-9-16(12)17-4-3-15(24-17)11-22-7-5-14(6-8-22)19(23)20-18-10-13(2)25-21-18/h3-4,10,12,14,16H,5-9,11H2,1-2H3,(H,20,21,23). The lowest BCUT2D eigenvalue weighted by molar-refractivity contribution is -0.121. The predicted molar refractivity (Wildman–Crippen MR) is 93.1 cm³/mol. The van der Waals surface area contributed by atoms with Crippen LogP contribution < -0.4 is 5.32 Å².